The van der Waals surface area contributed by atoms with E-state index in [0.29, 0.717) is 66.1 Å². The molecule has 1 aliphatic heterocycles. The first-order chi connectivity index (χ1) is 70.1. The Kier molecular flexibility index (Phi) is 54.7. The second kappa shape index (κ2) is 63.9. The van der Waals surface area contributed by atoms with Gasteiger partial charge in [0.15, 0.2) is 46.3 Å². The number of phenols is 1. The van der Waals surface area contributed by atoms with E-state index in [0.717, 1.165) is 0 Å². The number of Topliss-reactive ketones (excluding diaryl/α,β-unsaturated/α-hetero) is 12. The molecular formula is C106H162N20O23. The lowest BCUT2D eigenvalue weighted by Crippen LogP contribution is -2.65. The maximum atomic E-state index is 15.7. The number of aliphatic hydroxyl groups excluding tert-OH is 1. The SMILES string of the molecule is CC(=O)N[C@@H](CC(C)C)C(=O)N[C@H](C(=O)C(=O)[C@H](Cc1ccccc1)NN[C@]1(C)CCCCCC/C=C/CCC[C@@](C)(C(=O)CN[C@@H](C)C(=O)CCN[C@@H](C)C(=O)CCN[C@@H](C)C(=O)CCN[C@@H](C)C(=O)CNC(C)(C)C(=O)N[C@H](C)C(N)=O)NC(=O)[C@H](CC(C)C)NN[C@@H](CCC(N)=O)C(=O)CN[C@@H](C)C(=O)CC(=O)[C@H](Cc2c[nH]c3ccccc23)NN[C@@H](Cc2ccc(O)cc2)C(=O)N[C@@H](CCC(=O)O)C(=O)C1=O)[C@@H](C)O. The Labute approximate surface area is 872 Å². The van der Waals surface area contributed by atoms with Crippen LogP contribution in [0.5, 0.6) is 5.75 Å². The average Bonchev–Trinajstić information content (AvgIpc) is 1.32. The zero-order valence-corrected chi connectivity index (χ0v) is 89.0. The number of aliphatic carboxylic acids is 1. The number of aliphatic hydroxyl groups is 1. The van der Waals surface area contributed by atoms with Crippen LogP contribution in [0.15, 0.2) is 97.2 Å². The molecule has 1 aromatic heterocycles. The lowest BCUT2D eigenvalue weighted by atomic mass is 9.85. The van der Waals surface area contributed by atoms with Crippen LogP contribution in [0.3, 0.4) is 0 Å². The molecule has 4 aromatic rings. The topological polar surface area (TPSA) is 674 Å². The standard InChI is InChI=1S/C106H162N20O23/c1-61(2)51-81(117-70(12)128)100(146)119-94(69(11)127)97(143)95(141)80(53-71-31-25-24-26-32-71)125-126-106(16)47-30-23-21-19-17-18-20-22-29-46-105(15,91(137)60-113-65(7)86(132)45-49-110-63(5)84(130)43-48-109-64(6)85(131)44-50-111-67(9)89(135)59-115-104(13,14)103(149)116-68(10)99(108)145)120-102(148)82(52-62(3)4)123-121-77(39-41-92(107)138)90(136)58-112-66(8)87(133)56-88(134)79(55-73-57-114-76-34-28-27-33-75(73)76)122-124-83(54-72-35-37-74(129)38-36-72)101(147)118-78(40-42-93(139)140)96(142)98(106)144/h18,20,24-28,31-38,57,61-69,77-83,94,109-115,121-127,129H,17,19,21-23,29-30,39-56,58-60H2,1-16H3,(H2,107,138)(H2,108,145)(H,116,149)(H,117,128)(H,118,147)(H,119,146)(H,120,148)(H,139,140)/b20-18+/t63-,64-,65-,66-,67-,68+,69+,77-,78-,79-,80-,81-,82-,83-,94-,105-,106+/m0/s1. The number of carboxylic acid groups (broad SMARTS) is 1. The third-order valence-corrected chi connectivity index (χ3v) is 26.4. The minimum absolute atomic E-state index is 0.0351. The van der Waals surface area contributed by atoms with Crippen LogP contribution in [0.25, 0.3) is 10.9 Å². The molecule has 149 heavy (non-hydrogen) atoms. The summed E-state index contributed by atoms with van der Waals surface area (Å²) in [5.74, 6) is -15.6. The van der Waals surface area contributed by atoms with Crippen LogP contribution in [0.4, 0.5) is 0 Å². The van der Waals surface area contributed by atoms with E-state index in [-0.39, 0.29) is 150 Å². The minimum Gasteiger partial charge on any atom is -0.508 e. The van der Waals surface area contributed by atoms with Crippen LogP contribution in [0, 0.1) is 11.8 Å². The number of para-hydroxylation sites is 1. The molecule has 1 aliphatic rings. The monoisotopic (exact) mass is 2080 g/mol. The quantitative estimate of drug-likeness (QED) is 0.0129. The molecule has 0 unspecified atom stereocenters. The van der Waals surface area contributed by atoms with Gasteiger partial charge in [-0.15, -0.1) is 0 Å². The molecule has 0 saturated carbocycles. The van der Waals surface area contributed by atoms with Gasteiger partial charge in [0.2, 0.25) is 64.5 Å². The first-order valence-electron chi connectivity index (χ1n) is 51.5. The largest absolute Gasteiger partial charge is 0.508 e. The lowest BCUT2D eigenvalue weighted by molar-refractivity contribution is -0.144. The number of carbonyl (C=O) groups is 20. The van der Waals surface area contributed by atoms with Crippen molar-refractivity contribution in [1.29, 1.82) is 0 Å². The maximum Gasteiger partial charge on any atom is 0.303 e. The maximum absolute atomic E-state index is 15.7. The Morgan fingerprint density at radius 1 is 0.544 bits per heavy atom. The highest BCUT2D eigenvalue weighted by Gasteiger charge is 2.45. The molecule has 0 fully saturated rings. The second-order valence-corrected chi connectivity index (χ2v) is 40.8. The third kappa shape index (κ3) is 45.0. The van der Waals surface area contributed by atoms with Gasteiger partial charge >= 0.3 is 5.97 Å². The zero-order chi connectivity index (χ0) is 111. The van der Waals surface area contributed by atoms with E-state index in [4.69, 9.17) is 11.5 Å². The molecule has 3 aromatic carbocycles. The van der Waals surface area contributed by atoms with Crippen molar-refractivity contribution in [3.05, 3.63) is 114 Å². The number of fused-ring (bicyclic) bond motifs is 1. The van der Waals surface area contributed by atoms with Gasteiger partial charge in [0, 0.05) is 75.8 Å². The predicted octanol–water partition coefficient (Wildman–Crippen LogP) is 1.46. The lowest BCUT2D eigenvalue weighted by Gasteiger charge is -2.33. The van der Waals surface area contributed by atoms with Gasteiger partial charge in [-0.2, -0.15) is 0 Å². The number of aromatic nitrogens is 1. The van der Waals surface area contributed by atoms with Crippen molar-refractivity contribution in [2.45, 2.75) is 359 Å². The number of hydrogen-bond donors (Lipinski definition) is 23. The molecule has 0 aliphatic carbocycles. The molecule has 17 atom stereocenters. The Morgan fingerprint density at radius 2 is 1.11 bits per heavy atom. The molecule has 43 heteroatoms. The number of H-pyrrole nitrogens is 1. The number of carbonyl (C=O) groups excluding carboxylic acids is 19. The van der Waals surface area contributed by atoms with E-state index >= 15 is 19.2 Å². The molecule has 0 bridgehead atoms. The Balaban J connectivity index is 1.46. The number of hydrazine groups is 3. The van der Waals surface area contributed by atoms with Gasteiger partial charge in [0.05, 0.1) is 103 Å². The van der Waals surface area contributed by atoms with Gasteiger partial charge in [-0.25, -0.2) is 32.6 Å². The Morgan fingerprint density at radius 3 is 1.69 bits per heavy atom. The number of nitrogens with two attached hydrogens (primary N) is 2. The van der Waals surface area contributed by atoms with Crippen LogP contribution in [-0.2, 0) is 115 Å². The number of allylic oxidation sites excluding steroid dienone is 2. The summed E-state index contributed by atoms with van der Waals surface area (Å²) in [4.78, 5) is 282. The van der Waals surface area contributed by atoms with Gasteiger partial charge in [-0.1, -0.05) is 120 Å². The zero-order valence-electron chi connectivity index (χ0n) is 89.0. The number of amides is 7. The Hall–Kier alpha value is -12.0. The van der Waals surface area contributed by atoms with E-state index in [2.05, 4.69) is 96.0 Å². The molecule has 25 N–H and O–H groups in total. The number of carboxylic acids is 1. The molecule has 0 spiro atoms. The van der Waals surface area contributed by atoms with Gasteiger partial charge in [-0.3, -0.25) is 101 Å². The molecule has 0 saturated heterocycles. The molecule has 0 radical (unpaired) electrons. The van der Waals surface area contributed by atoms with Crippen LogP contribution in [-0.4, -0.2) is 284 Å². The summed E-state index contributed by atoms with van der Waals surface area (Å²) >= 11 is 0. The van der Waals surface area contributed by atoms with E-state index in [9.17, 15) is 92.0 Å². The summed E-state index contributed by atoms with van der Waals surface area (Å²) in [6, 6.07) is 4.09. The number of nitrogens with one attached hydrogen (secondary N) is 18. The van der Waals surface area contributed by atoms with E-state index in [1.165, 1.54) is 58.9 Å². The fourth-order valence-electron chi connectivity index (χ4n) is 16.5. The molecule has 43 nitrogen and oxygen atoms in total. The first-order valence-corrected chi connectivity index (χ1v) is 51.5. The number of aromatic amines is 1. The van der Waals surface area contributed by atoms with Crippen LogP contribution < -0.4 is 103 Å². The van der Waals surface area contributed by atoms with Crippen molar-refractivity contribution in [1.82, 2.24) is 96.0 Å². The number of ketones is 12. The molecular weight excluding hydrogens is 1920 g/mol. The van der Waals surface area contributed by atoms with Crippen molar-refractivity contribution in [3.63, 3.8) is 0 Å². The minimum atomic E-state index is -2.09. The normalized spacial score (nSPS) is 21.6. The number of aromatic hydroxyl groups is 1. The summed E-state index contributed by atoms with van der Waals surface area (Å²) in [5.41, 5.74) is 25.7. The predicted molar refractivity (Wildman–Crippen MR) is 559 cm³/mol. The molecule has 5 rings (SSSR count). The number of primary amides is 2. The first kappa shape index (κ1) is 127. The number of phenolic OH excluding ortho intramolecular Hbond substituents is 1. The third-order valence-electron chi connectivity index (χ3n) is 26.4. The van der Waals surface area contributed by atoms with Gasteiger partial charge in [0.25, 0.3) is 0 Å². The van der Waals surface area contributed by atoms with Gasteiger partial charge < -0.3 is 84.9 Å². The molecule has 2 heterocycles. The van der Waals surface area contributed by atoms with Crippen LogP contribution >= 0.6 is 0 Å². The van der Waals surface area contributed by atoms with E-state index in [1.54, 1.807) is 123 Å². The van der Waals surface area contributed by atoms with Crippen molar-refractivity contribution in [2.75, 3.05) is 39.3 Å². The van der Waals surface area contributed by atoms with E-state index in [1.807, 2.05) is 26.0 Å². The summed E-state index contributed by atoms with van der Waals surface area (Å²) in [6.07, 6.45) is 3.30. The number of hydrogen-bond acceptors (Lipinski definition) is 34. The second-order valence-electron chi connectivity index (χ2n) is 40.8. The molecule has 7 amide bonds. The summed E-state index contributed by atoms with van der Waals surface area (Å²) in [5, 5.41) is 63.5. The number of benzene rings is 3. The highest BCUT2D eigenvalue weighted by molar-refractivity contribution is 6.43. The fourth-order valence-corrected chi connectivity index (χ4v) is 16.5. The highest BCUT2D eigenvalue weighted by Crippen LogP contribution is 2.26. The smallest absolute Gasteiger partial charge is 0.303 e. The summed E-state index contributed by atoms with van der Waals surface area (Å²) in [7, 11) is 0. The van der Waals surface area contributed by atoms with Gasteiger partial charge in [0.1, 0.15) is 36.0 Å². The molecule has 824 valence electrons. The Bertz CT molecular complexity index is 5220. The van der Waals surface area contributed by atoms with Gasteiger partial charge in [-0.05, 0) is 206 Å². The van der Waals surface area contributed by atoms with Crippen LogP contribution in [0.2, 0.25) is 0 Å². The fraction of sp³-hybridized carbons (Fsp3) is 0.604. The van der Waals surface area contributed by atoms with Crippen molar-refractivity contribution >= 4 is 128 Å². The highest BCUT2D eigenvalue weighted by atomic mass is 16.4. The number of rotatable bonds is 52. The summed E-state index contributed by atoms with van der Waals surface area (Å²) < 4.78 is 0. The summed E-state index contributed by atoms with van der Waals surface area (Å²) in [6.45, 7) is 24.3. The van der Waals surface area contributed by atoms with Crippen molar-refractivity contribution < 1.29 is 111 Å². The van der Waals surface area contributed by atoms with Crippen LogP contribution in [0.1, 0.15) is 249 Å². The van der Waals surface area contributed by atoms with Crippen molar-refractivity contribution in [2.24, 2.45) is 23.3 Å². The van der Waals surface area contributed by atoms with E-state index < -0.39 is 233 Å². The average molecular weight is 2080 g/mol. The van der Waals surface area contributed by atoms with Crippen molar-refractivity contribution in [3.8, 4) is 5.75 Å².